The molecule has 4 rings (SSSR count). The van der Waals surface area contributed by atoms with Crippen molar-refractivity contribution in [1.82, 2.24) is 14.8 Å². The molecular weight excluding hydrogens is 298 g/mol. The van der Waals surface area contributed by atoms with Gasteiger partial charge >= 0.3 is 0 Å². The van der Waals surface area contributed by atoms with E-state index in [0.717, 1.165) is 0 Å². The van der Waals surface area contributed by atoms with E-state index in [9.17, 15) is 17.6 Å². The zero-order valence-corrected chi connectivity index (χ0v) is 11.5. The Morgan fingerprint density at radius 2 is 2.00 bits per heavy atom. The average Bonchev–Trinajstić information content (AvgIpc) is 2.81. The minimum absolute atomic E-state index is 0.0315. The SMILES string of the molecule is Fc1ccccc1C1CC(F)c2nc(CC3CC3(F)F)nn21. The summed E-state index contributed by atoms with van der Waals surface area (Å²) in [7, 11) is 0. The van der Waals surface area contributed by atoms with E-state index < -0.39 is 29.9 Å². The first-order chi connectivity index (χ1) is 10.5. The molecular formula is C15H13F4N3. The minimum atomic E-state index is -2.66. The van der Waals surface area contributed by atoms with Crippen LogP contribution in [0.25, 0.3) is 0 Å². The molecule has 7 heteroatoms. The van der Waals surface area contributed by atoms with E-state index in [0.29, 0.717) is 5.56 Å². The standard InChI is InChI=1S/C15H13F4N3/c16-10-4-2-1-3-9(10)12-6-11(17)14-20-13(21-22(12)14)5-8-7-15(8,18)19/h1-4,8,11-12H,5-7H2. The van der Waals surface area contributed by atoms with Gasteiger partial charge in [0, 0.05) is 30.7 Å². The van der Waals surface area contributed by atoms with Crippen LogP contribution in [0.15, 0.2) is 24.3 Å². The maximum absolute atomic E-state index is 14.1. The van der Waals surface area contributed by atoms with Crippen LogP contribution in [-0.4, -0.2) is 20.7 Å². The number of fused-ring (bicyclic) bond motifs is 1. The van der Waals surface area contributed by atoms with Gasteiger partial charge in [0.1, 0.15) is 5.82 Å². The first-order valence-corrected chi connectivity index (χ1v) is 7.17. The lowest BCUT2D eigenvalue weighted by Gasteiger charge is -2.12. The molecule has 1 saturated carbocycles. The maximum atomic E-state index is 14.1. The Morgan fingerprint density at radius 1 is 1.27 bits per heavy atom. The lowest BCUT2D eigenvalue weighted by atomic mass is 10.0. The molecule has 3 nitrogen and oxygen atoms in total. The molecule has 3 unspecified atom stereocenters. The van der Waals surface area contributed by atoms with E-state index in [4.69, 9.17) is 0 Å². The van der Waals surface area contributed by atoms with Crippen molar-refractivity contribution in [2.45, 2.75) is 37.4 Å². The van der Waals surface area contributed by atoms with Crippen LogP contribution in [0.3, 0.4) is 0 Å². The summed E-state index contributed by atoms with van der Waals surface area (Å²) in [5.41, 5.74) is 0.345. The Kier molecular flexibility index (Phi) is 2.83. The second kappa shape index (κ2) is 4.54. The summed E-state index contributed by atoms with van der Waals surface area (Å²) in [5, 5.41) is 4.15. The molecule has 3 atom stereocenters. The van der Waals surface area contributed by atoms with Gasteiger partial charge in [-0.3, -0.25) is 0 Å². The fourth-order valence-corrected chi connectivity index (χ4v) is 3.03. The van der Waals surface area contributed by atoms with Gasteiger partial charge in [0.15, 0.2) is 17.8 Å². The number of hydrogen-bond donors (Lipinski definition) is 0. The van der Waals surface area contributed by atoms with E-state index in [2.05, 4.69) is 10.1 Å². The highest BCUT2D eigenvalue weighted by molar-refractivity contribution is 5.25. The summed E-state index contributed by atoms with van der Waals surface area (Å²) in [6, 6.07) is 5.55. The molecule has 22 heavy (non-hydrogen) atoms. The predicted molar refractivity (Wildman–Crippen MR) is 69.8 cm³/mol. The zero-order valence-electron chi connectivity index (χ0n) is 11.5. The molecule has 2 heterocycles. The Labute approximate surface area is 124 Å². The Bertz CT molecular complexity index is 727. The molecule has 0 amide bonds. The lowest BCUT2D eigenvalue weighted by Crippen LogP contribution is -2.10. The van der Waals surface area contributed by atoms with Crippen molar-refractivity contribution in [3.05, 3.63) is 47.3 Å². The molecule has 1 aliphatic heterocycles. The van der Waals surface area contributed by atoms with E-state index in [-0.39, 0.29) is 30.9 Å². The van der Waals surface area contributed by atoms with E-state index in [1.807, 2.05) is 0 Å². The van der Waals surface area contributed by atoms with E-state index in [1.165, 1.54) is 10.7 Å². The molecule has 2 aliphatic rings. The van der Waals surface area contributed by atoms with Crippen LogP contribution in [0.5, 0.6) is 0 Å². The molecule has 2 aromatic rings. The summed E-state index contributed by atoms with van der Waals surface area (Å²) in [6.07, 6.45) is -1.43. The third-order valence-electron chi connectivity index (χ3n) is 4.36. The van der Waals surface area contributed by atoms with Crippen molar-refractivity contribution in [3.8, 4) is 0 Å². The normalized spacial score (nSPS) is 28.6. The van der Waals surface area contributed by atoms with Crippen LogP contribution < -0.4 is 0 Å². The summed E-state index contributed by atoms with van der Waals surface area (Å²) < 4.78 is 55.3. The first kappa shape index (κ1) is 13.7. The van der Waals surface area contributed by atoms with Crippen LogP contribution in [0, 0.1) is 11.7 Å². The smallest absolute Gasteiger partial charge is 0.239 e. The van der Waals surface area contributed by atoms with Crippen LogP contribution >= 0.6 is 0 Å². The second-order valence-electron chi connectivity index (χ2n) is 5.94. The van der Waals surface area contributed by atoms with Crippen LogP contribution in [0.1, 0.15) is 42.3 Å². The number of hydrogen-bond acceptors (Lipinski definition) is 2. The molecule has 1 aliphatic carbocycles. The van der Waals surface area contributed by atoms with Gasteiger partial charge in [0.2, 0.25) is 0 Å². The van der Waals surface area contributed by atoms with E-state index in [1.54, 1.807) is 18.2 Å². The third kappa shape index (κ3) is 2.10. The second-order valence-corrected chi connectivity index (χ2v) is 5.94. The van der Waals surface area contributed by atoms with Crippen LogP contribution in [0.2, 0.25) is 0 Å². The monoisotopic (exact) mass is 311 g/mol. The molecule has 116 valence electrons. The van der Waals surface area contributed by atoms with Gasteiger partial charge < -0.3 is 0 Å². The van der Waals surface area contributed by atoms with Gasteiger partial charge in [-0.2, -0.15) is 5.10 Å². The van der Waals surface area contributed by atoms with Crippen molar-refractivity contribution in [3.63, 3.8) is 0 Å². The molecule has 0 N–H and O–H groups in total. The van der Waals surface area contributed by atoms with Crippen molar-refractivity contribution in [2.24, 2.45) is 5.92 Å². The molecule has 1 aromatic carbocycles. The minimum Gasteiger partial charge on any atom is -0.239 e. The van der Waals surface area contributed by atoms with Gasteiger partial charge in [-0.1, -0.05) is 18.2 Å². The van der Waals surface area contributed by atoms with Gasteiger partial charge in [0.25, 0.3) is 5.92 Å². The van der Waals surface area contributed by atoms with Gasteiger partial charge in [-0.05, 0) is 6.07 Å². The summed E-state index contributed by atoms with van der Waals surface area (Å²) in [4.78, 5) is 4.04. The number of rotatable bonds is 3. The first-order valence-electron chi connectivity index (χ1n) is 7.17. The largest absolute Gasteiger partial charge is 0.252 e. The summed E-state index contributed by atoms with van der Waals surface area (Å²) in [5.74, 6) is -3.54. The zero-order chi connectivity index (χ0) is 15.5. The fourth-order valence-electron chi connectivity index (χ4n) is 3.03. The third-order valence-corrected chi connectivity index (χ3v) is 4.36. The Balaban J connectivity index is 1.65. The van der Waals surface area contributed by atoms with Gasteiger partial charge in [-0.15, -0.1) is 0 Å². The Morgan fingerprint density at radius 3 is 2.68 bits per heavy atom. The predicted octanol–water partition coefficient (Wildman–Crippen LogP) is 3.62. The number of aromatic nitrogens is 3. The maximum Gasteiger partial charge on any atom is 0.252 e. The molecule has 1 fully saturated rings. The summed E-state index contributed by atoms with van der Waals surface area (Å²) in [6.45, 7) is 0. The summed E-state index contributed by atoms with van der Waals surface area (Å²) >= 11 is 0. The molecule has 0 bridgehead atoms. The number of alkyl halides is 3. The number of nitrogens with zero attached hydrogens (tertiary/aromatic N) is 3. The topological polar surface area (TPSA) is 30.7 Å². The van der Waals surface area contributed by atoms with Crippen LogP contribution in [0.4, 0.5) is 17.6 Å². The fraction of sp³-hybridized carbons (Fsp3) is 0.467. The van der Waals surface area contributed by atoms with Crippen molar-refractivity contribution in [2.75, 3.05) is 0 Å². The average molecular weight is 311 g/mol. The quantitative estimate of drug-likeness (QED) is 0.811. The highest BCUT2D eigenvalue weighted by Crippen LogP contribution is 2.50. The van der Waals surface area contributed by atoms with Gasteiger partial charge in [-0.25, -0.2) is 27.2 Å². The molecule has 0 spiro atoms. The van der Waals surface area contributed by atoms with Crippen molar-refractivity contribution in [1.29, 1.82) is 0 Å². The number of halogens is 4. The number of benzene rings is 1. The van der Waals surface area contributed by atoms with Crippen molar-refractivity contribution >= 4 is 0 Å². The molecule has 0 radical (unpaired) electrons. The van der Waals surface area contributed by atoms with Crippen LogP contribution in [-0.2, 0) is 6.42 Å². The molecule has 0 saturated heterocycles. The van der Waals surface area contributed by atoms with Gasteiger partial charge in [0.05, 0.1) is 6.04 Å². The highest BCUT2D eigenvalue weighted by atomic mass is 19.3. The lowest BCUT2D eigenvalue weighted by molar-refractivity contribution is 0.0984. The van der Waals surface area contributed by atoms with Crippen molar-refractivity contribution < 1.29 is 17.6 Å². The highest BCUT2D eigenvalue weighted by Gasteiger charge is 2.57. The Hall–Kier alpha value is -1.92. The molecule has 1 aromatic heterocycles. The van der Waals surface area contributed by atoms with E-state index >= 15 is 0 Å².